The Balaban J connectivity index is 2.04. The standard InChI is InChI=1S/C29H41ClN2O2Si/c1-7-9-18-35(5,6)34-25-14-12-13-24(19-25)28(26-15-10-11-16-27(26)29(30)33)32-21-22(3)31(17-8-2)20-23(32)4/h8,10-16,19,22-23,28H,2,7,9,17-18,20-21H2,1,3-6H3/t22-,23+,28-/m1/s1. The maximum absolute atomic E-state index is 12.4. The van der Waals surface area contributed by atoms with Gasteiger partial charge in [-0.1, -0.05) is 56.2 Å². The second-order valence-corrected chi connectivity index (χ2v) is 15.0. The van der Waals surface area contributed by atoms with Crippen LogP contribution in [0.5, 0.6) is 5.75 Å². The topological polar surface area (TPSA) is 32.8 Å². The summed E-state index contributed by atoms with van der Waals surface area (Å²) in [6.07, 6.45) is 4.35. The molecule has 0 bridgehead atoms. The molecule has 4 nitrogen and oxygen atoms in total. The van der Waals surface area contributed by atoms with Crippen LogP contribution in [-0.2, 0) is 0 Å². The van der Waals surface area contributed by atoms with Crippen LogP contribution in [0.4, 0.5) is 0 Å². The molecule has 1 fully saturated rings. The van der Waals surface area contributed by atoms with Crippen molar-refractivity contribution in [3.63, 3.8) is 0 Å². The first-order chi connectivity index (χ1) is 16.7. The quantitative estimate of drug-likeness (QED) is 0.182. The summed E-state index contributed by atoms with van der Waals surface area (Å²) < 4.78 is 6.60. The number of carbonyl (C=O) groups excluding carboxylic acids is 1. The van der Waals surface area contributed by atoms with Crippen molar-refractivity contribution in [1.82, 2.24) is 9.80 Å². The summed E-state index contributed by atoms with van der Waals surface area (Å²) in [5, 5.41) is -0.419. The Morgan fingerprint density at radius 2 is 1.91 bits per heavy atom. The zero-order chi connectivity index (χ0) is 25.6. The number of benzene rings is 2. The van der Waals surface area contributed by atoms with Crippen LogP contribution in [0, 0.1) is 0 Å². The molecule has 0 radical (unpaired) electrons. The van der Waals surface area contributed by atoms with Crippen molar-refractivity contribution in [3.05, 3.63) is 77.9 Å². The molecule has 1 aliphatic heterocycles. The molecule has 0 aromatic heterocycles. The zero-order valence-electron chi connectivity index (χ0n) is 22.0. The maximum Gasteiger partial charge on any atom is 0.252 e. The second kappa shape index (κ2) is 12.4. The molecule has 3 atom stereocenters. The van der Waals surface area contributed by atoms with Gasteiger partial charge in [0.2, 0.25) is 8.32 Å². The van der Waals surface area contributed by atoms with E-state index in [0.29, 0.717) is 11.6 Å². The summed E-state index contributed by atoms with van der Waals surface area (Å²) in [5.41, 5.74) is 2.64. The summed E-state index contributed by atoms with van der Waals surface area (Å²) in [6.45, 7) is 18.0. The first kappa shape index (κ1) is 27.7. The first-order valence-corrected chi connectivity index (χ1v) is 16.3. The Bertz CT molecular complexity index is 1010. The summed E-state index contributed by atoms with van der Waals surface area (Å²) in [5.74, 6) is 0.918. The largest absolute Gasteiger partial charge is 0.544 e. The SMILES string of the molecule is C=CCN1C[C@H](C)N([C@H](c2cccc(O[Si](C)(C)CCCC)c2)c2ccccc2C(=O)Cl)C[C@H]1C. The molecule has 35 heavy (non-hydrogen) atoms. The third-order valence-electron chi connectivity index (χ3n) is 7.03. The first-order valence-electron chi connectivity index (χ1n) is 12.8. The minimum Gasteiger partial charge on any atom is -0.544 e. The van der Waals surface area contributed by atoms with E-state index < -0.39 is 13.6 Å². The van der Waals surface area contributed by atoms with Gasteiger partial charge in [-0.3, -0.25) is 14.6 Å². The highest BCUT2D eigenvalue weighted by molar-refractivity contribution is 6.71. The monoisotopic (exact) mass is 512 g/mol. The average Bonchev–Trinajstić information content (AvgIpc) is 2.81. The number of rotatable bonds is 11. The van der Waals surface area contributed by atoms with Crippen molar-refractivity contribution in [1.29, 1.82) is 0 Å². The van der Waals surface area contributed by atoms with Crippen molar-refractivity contribution in [2.45, 2.75) is 70.9 Å². The van der Waals surface area contributed by atoms with Crippen molar-refractivity contribution >= 4 is 25.2 Å². The Hall–Kier alpha value is -1.92. The van der Waals surface area contributed by atoms with E-state index in [4.69, 9.17) is 16.0 Å². The fourth-order valence-electron chi connectivity index (χ4n) is 5.19. The molecule has 0 unspecified atom stereocenters. The van der Waals surface area contributed by atoms with Crippen LogP contribution >= 0.6 is 11.6 Å². The molecular weight excluding hydrogens is 472 g/mol. The Kier molecular flexibility index (Phi) is 9.76. The van der Waals surface area contributed by atoms with E-state index in [-0.39, 0.29) is 12.1 Å². The van der Waals surface area contributed by atoms with E-state index in [1.54, 1.807) is 0 Å². The van der Waals surface area contributed by atoms with Crippen LogP contribution in [0.3, 0.4) is 0 Å². The lowest BCUT2D eigenvalue weighted by molar-refractivity contribution is 0.0304. The minimum absolute atomic E-state index is 0.0961. The van der Waals surface area contributed by atoms with Gasteiger partial charge in [0.15, 0.2) is 0 Å². The van der Waals surface area contributed by atoms with Gasteiger partial charge < -0.3 is 4.43 Å². The molecule has 0 aliphatic carbocycles. The lowest BCUT2D eigenvalue weighted by Crippen LogP contribution is -2.57. The number of unbranched alkanes of at least 4 members (excludes halogenated alkanes) is 1. The molecule has 0 saturated carbocycles. The highest BCUT2D eigenvalue weighted by Gasteiger charge is 2.36. The highest BCUT2D eigenvalue weighted by Crippen LogP contribution is 2.37. The van der Waals surface area contributed by atoms with E-state index in [1.165, 1.54) is 12.8 Å². The maximum atomic E-state index is 12.4. The third kappa shape index (κ3) is 7.07. The summed E-state index contributed by atoms with van der Waals surface area (Å²) in [6, 6.07) is 17.9. The van der Waals surface area contributed by atoms with E-state index >= 15 is 0 Å². The smallest absolute Gasteiger partial charge is 0.252 e. The average molecular weight is 513 g/mol. The number of hydrogen-bond acceptors (Lipinski definition) is 4. The number of nitrogens with zero attached hydrogens (tertiary/aromatic N) is 2. The van der Waals surface area contributed by atoms with Crippen molar-refractivity contribution in [2.24, 2.45) is 0 Å². The van der Waals surface area contributed by atoms with Crippen LogP contribution in [0.15, 0.2) is 61.2 Å². The number of halogens is 1. The molecule has 0 amide bonds. The van der Waals surface area contributed by atoms with E-state index in [1.807, 2.05) is 30.3 Å². The molecule has 190 valence electrons. The van der Waals surface area contributed by atoms with E-state index in [0.717, 1.165) is 42.6 Å². The Morgan fingerprint density at radius 1 is 1.17 bits per heavy atom. The van der Waals surface area contributed by atoms with Crippen molar-refractivity contribution in [2.75, 3.05) is 19.6 Å². The number of piperazine rings is 1. The number of hydrogen-bond donors (Lipinski definition) is 0. The van der Waals surface area contributed by atoms with E-state index in [2.05, 4.69) is 74.5 Å². The van der Waals surface area contributed by atoms with Crippen molar-refractivity contribution < 1.29 is 9.22 Å². The van der Waals surface area contributed by atoms with E-state index in [9.17, 15) is 4.79 Å². The second-order valence-electron chi connectivity index (χ2n) is 10.4. The van der Waals surface area contributed by atoms with Gasteiger partial charge in [0.05, 0.1) is 6.04 Å². The molecule has 2 aromatic carbocycles. The van der Waals surface area contributed by atoms with Gasteiger partial charge >= 0.3 is 0 Å². The van der Waals surface area contributed by atoms with Gasteiger partial charge in [0.1, 0.15) is 5.75 Å². The molecule has 1 heterocycles. The minimum atomic E-state index is -1.82. The molecule has 0 N–H and O–H groups in total. The lowest BCUT2D eigenvalue weighted by Gasteiger charge is -2.47. The summed E-state index contributed by atoms with van der Waals surface area (Å²) in [7, 11) is -1.82. The Morgan fingerprint density at radius 3 is 2.60 bits per heavy atom. The predicted molar refractivity (Wildman–Crippen MR) is 150 cm³/mol. The molecular formula is C29H41ClN2O2Si. The van der Waals surface area contributed by atoms with Gasteiger partial charge in [-0.25, -0.2) is 0 Å². The van der Waals surface area contributed by atoms with Gasteiger partial charge in [-0.05, 0) is 73.9 Å². The Labute approximate surface area is 218 Å². The van der Waals surface area contributed by atoms with Crippen LogP contribution < -0.4 is 4.43 Å². The number of carbonyl (C=O) groups is 1. The highest BCUT2D eigenvalue weighted by atomic mass is 35.5. The molecule has 3 rings (SSSR count). The van der Waals surface area contributed by atoms with Crippen LogP contribution in [-0.4, -0.2) is 55.1 Å². The summed E-state index contributed by atoms with van der Waals surface area (Å²) >= 11 is 6.08. The van der Waals surface area contributed by atoms with Crippen LogP contribution in [0.25, 0.3) is 0 Å². The van der Waals surface area contributed by atoms with Gasteiger partial charge in [0, 0.05) is 37.3 Å². The molecule has 1 aliphatic rings. The van der Waals surface area contributed by atoms with Gasteiger partial charge in [-0.15, -0.1) is 6.58 Å². The zero-order valence-corrected chi connectivity index (χ0v) is 23.7. The predicted octanol–water partition coefficient (Wildman–Crippen LogP) is 7.12. The van der Waals surface area contributed by atoms with Crippen LogP contribution in [0.1, 0.15) is 61.1 Å². The molecule has 2 aromatic rings. The van der Waals surface area contributed by atoms with Crippen molar-refractivity contribution in [3.8, 4) is 5.75 Å². The lowest BCUT2D eigenvalue weighted by atomic mass is 9.90. The molecule has 1 saturated heterocycles. The van der Waals surface area contributed by atoms with Crippen LogP contribution in [0.2, 0.25) is 19.1 Å². The fraction of sp³-hybridized carbons (Fsp3) is 0.483. The fourth-order valence-corrected chi connectivity index (χ4v) is 7.43. The summed E-state index contributed by atoms with van der Waals surface area (Å²) in [4.78, 5) is 17.4. The molecule has 0 spiro atoms. The molecule has 6 heteroatoms. The van der Waals surface area contributed by atoms with Gasteiger partial charge in [-0.2, -0.15) is 0 Å². The van der Waals surface area contributed by atoms with Gasteiger partial charge in [0.25, 0.3) is 5.24 Å². The third-order valence-corrected chi connectivity index (χ3v) is 9.58. The normalized spacial score (nSPS) is 20.4.